The van der Waals surface area contributed by atoms with Crippen molar-refractivity contribution >= 4 is 17.2 Å². The minimum Gasteiger partial charge on any atom is -0.373 e. The quantitative estimate of drug-likeness (QED) is 0.688. The lowest BCUT2D eigenvalue weighted by Crippen LogP contribution is -2.17. The van der Waals surface area contributed by atoms with Crippen molar-refractivity contribution in [1.82, 2.24) is 4.57 Å². The van der Waals surface area contributed by atoms with Crippen LogP contribution >= 0.6 is 0 Å². The first-order valence-electron chi connectivity index (χ1n) is 5.15. The Kier molecular flexibility index (Phi) is 2.04. The molecule has 0 saturated carbocycles. The Morgan fingerprint density at radius 3 is 3.12 bits per heavy atom. The van der Waals surface area contributed by atoms with E-state index in [0.29, 0.717) is 36.2 Å². The molecule has 2 heterocycles. The second-order valence-electron chi connectivity index (χ2n) is 3.82. The van der Waals surface area contributed by atoms with Crippen LogP contribution in [0.2, 0.25) is 0 Å². The highest BCUT2D eigenvalue weighted by atomic mass is 19.1. The van der Waals surface area contributed by atoms with Crippen molar-refractivity contribution < 1.29 is 13.9 Å². The van der Waals surface area contributed by atoms with Crippen LogP contribution in [0.3, 0.4) is 0 Å². The number of carbonyl (C=O) groups excluding carboxylic acids is 1. The van der Waals surface area contributed by atoms with E-state index in [1.54, 1.807) is 12.1 Å². The fourth-order valence-corrected chi connectivity index (χ4v) is 2.30. The second-order valence-corrected chi connectivity index (χ2v) is 3.82. The van der Waals surface area contributed by atoms with E-state index in [2.05, 4.69) is 0 Å². The standard InChI is InChI=1S/C12H10FNO2/c13-10-3-1-2-8-9(6-15)11-7-16-5-4-14(11)12(8)10/h1-3,6H,4-5,7H2. The van der Waals surface area contributed by atoms with Gasteiger partial charge in [0, 0.05) is 17.5 Å². The molecule has 0 amide bonds. The summed E-state index contributed by atoms with van der Waals surface area (Å²) in [7, 11) is 0. The lowest BCUT2D eigenvalue weighted by molar-refractivity contribution is 0.0848. The molecule has 16 heavy (non-hydrogen) atoms. The summed E-state index contributed by atoms with van der Waals surface area (Å²) in [6.45, 7) is 1.53. The van der Waals surface area contributed by atoms with Gasteiger partial charge < -0.3 is 9.30 Å². The number of aromatic nitrogens is 1. The Balaban J connectivity index is 2.46. The Labute approximate surface area is 91.4 Å². The van der Waals surface area contributed by atoms with Gasteiger partial charge in [-0.15, -0.1) is 0 Å². The fourth-order valence-electron chi connectivity index (χ4n) is 2.30. The zero-order chi connectivity index (χ0) is 11.1. The first kappa shape index (κ1) is 9.54. The third-order valence-electron chi connectivity index (χ3n) is 3.00. The third-order valence-corrected chi connectivity index (χ3v) is 3.00. The van der Waals surface area contributed by atoms with E-state index in [-0.39, 0.29) is 5.82 Å². The average molecular weight is 219 g/mol. The molecule has 0 bridgehead atoms. The van der Waals surface area contributed by atoms with Gasteiger partial charge in [-0.3, -0.25) is 4.79 Å². The zero-order valence-corrected chi connectivity index (χ0v) is 8.57. The van der Waals surface area contributed by atoms with Crippen LogP contribution < -0.4 is 0 Å². The summed E-state index contributed by atoms with van der Waals surface area (Å²) in [6.07, 6.45) is 0.780. The van der Waals surface area contributed by atoms with Gasteiger partial charge in [0.25, 0.3) is 0 Å². The molecule has 2 aromatic rings. The van der Waals surface area contributed by atoms with Crippen molar-refractivity contribution in [3.05, 3.63) is 35.3 Å². The van der Waals surface area contributed by atoms with Crippen LogP contribution in [0.25, 0.3) is 10.9 Å². The van der Waals surface area contributed by atoms with Crippen molar-refractivity contribution in [3.63, 3.8) is 0 Å². The molecule has 3 nitrogen and oxygen atoms in total. The first-order chi connectivity index (χ1) is 7.83. The van der Waals surface area contributed by atoms with Gasteiger partial charge in [-0.25, -0.2) is 4.39 Å². The van der Waals surface area contributed by atoms with Crippen molar-refractivity contribution in [2.45, 2.75) is 13.2 Å². The summed E-state index contributed by atoms with van der Waals surface area (Å²) in [5.41, 5.74) is 1.85. The van der Waals surface area contributed by atoms with E-state index in [9.17, 15) is 9.18 Å². The highest BCUT2D eigenvalue weighted by Crippen LogP contribution is 2.29. The topological polar surface area (TPSA) is 31.2 Å². The van der Waals surface area contributed by atoms with E-state index in [1.165, 1.54) is 6.07 Å². The molecule has 82 valence electrons. The molecule has 0 atom stereocenters. The maximum absolute atomic E-state index is 13.7. The second kappa shape index (κ2) is 3.42. The van der Waals surface area contributed by atoms with Crippen molar-refractivity contribution in [2.75, 3.05) is 6.61 Å². The van der Waals surface area contributed by atoms with Crippen LogP contribution in [0.5, 0.6) is 0 Å². The maximum Gasteiger partial charge on any atom is 0.152 e. The largest absolute Gasteiger partial charge is 0.373 e. The number of nitrogens with zero attached hydrogens (tertiary/aromatic N) is 1. The molecule has 1 aromatic carbocycles. The van der Waals surface area contributed by atoms with Crippen LogP contribution in [0.1, 0.15) is 16.1 Å². The molecular formula is C12H10FNO2. The summed E-state index contributed by atoms with van der Waals surface area (Å²) < 4.78 is 20.9. The normalized spacial score (nSPS) is 15.1. The SMILES string of the molecule is O=Cc1c2n(c3c(F)cccc13)CCOC2. The number of aldehydes is 1. The number of para-hydroxylation sites is 1. The number of benzene rings is 1. The molecule has 1 aromatic heterocycles. The van der Waals surface area contributed by atoms with Crippen LogP contribution in [0.15, 0.2) is 18.2 Å². The molecule has 0 spiro atoms. The molecule has 0 saturated heterocycles. The number of carbonyl (C=O) groups is 1. The molecule has 1 aliphatic rings. The molecule has 0 unspecified atom stereocenters. The number of rotatable bonds is 1. The van der Waals surface area contributed by atoms with Gasteiger partial charge in [-0.05, 0) is 6.07 Å². The Bertz CT molecular complexity index is 574. The van der Waals surface area contributed by atoms with Gasteiger partial charge >= 0.3 is 0 Å². The number of hydrogen-bond donors (Lipinski definition) is 0. The minimum absolute atomic E-state index is 0.284. The summed E-state index contributed by atoms with van der Waals surface area (Å²) in [6, 6.07) is 4.81. The number of fused-ring (bicyclic) bond motifs is 3. The summed E-state index contributed by atoms with van der Waals surface area (Å²) >= 11 is 0. The van der Waals surface area contributed by atoms with Crippen molar-refractivity contribution in [2.24, 2.45) is 0 Å². The summed E-state index contributed by atoms with van der Waals surface area (Å²) in [5.74, 6) is -0.284. The molecule has 0 fully saturated rings. The van der Waals surface area contributed by atoms with Crippen LogP contribution in [0, 0.1) is 5.82 Å². The molecule has 0 radical (unpaired) electrons. The predicted molar refractivity (Wildman–Crippen MR) is 56.9 cm³/mol. The van der Waals surface area contributed by atoms with Gasteiger partial charge in [0.15, 0.2) is 6.29 Å². The van der Waals surface area contributed by atoms with E-state index in [1.807, 2.05) is 4.57 Å². The van der Waals surface area contributed by atoms with Crippen molar-refractivity contribution in [3.8, 4) is 0 Å². The third kappa shape index (κ3) is 1.13. The number of hydrogen-bond acceptors (Lipinski definition) is 2. The first-order valence-corrected chi connectivity index (χ1v) is 5.15. The monoisotopic (exact) mass is 219 g/mol. The Morgan fingerprint density at radius 2 is 2.31 bits per heavy atom. The zero-order valence-electron chi connectivity index (χ0n) is 8.57. The molecule has 0 aliphatic carbocycles. The maximum atomic E-state index is 13.7. The molecule has 1 aliphatic heterocycles. The van der Waals surface area contributed by atoms with E-state index in [0.717, 1.165) is 12.0 Å². The molecule has 3 rings (SSSR count). The highest BCUT2D eigenvalue weighted by Gasteiger charge is 2.21. The van der Waals surface area contributed by atoms with E-state index >= 15 is 0 Å². The lowest BCUT2D eigenvalue weighted by Gasteiger charge is -2.17. The van der Waals surface area contributed by atoms with Gasteiger partial charge in [0.1, 0.15) is 5.82 Å². The number of halogens is 1. The predicted octanol–water partition coefficient (Wildman–Crippen LogP) is 2.12. The highest BCUT2D eigenvalue weighted by molar-refractivity contribution is 5.99. The van der Waals surface area contributed by atoms with Crippen LogP contribution in [-0.2, 0) is 17.9 Å². The summed E-state index contributed by atoms with van der Waals surface area (Å²) in [4.78, 5) is 11.1. The Morgan fingerprint density at radius 1 is 1.44 bits per heavy atom. The Hall–Kier alpha value is -1.68. The lowest BCUT2D eigenvalue weighted by atomic mass is 10.1. The van der Waals surface area contributed by atoms with Gasteiger partial charge in [-0.1, -0.05) is 12.1 Å². The van der Waals surface area contributed by atoms with E-state index < -0.39 is 0 Å². The summed E-state index contributed by atoms with van der Waals surface area (Å²) in [5, 5.41) is 0.676. The van der Waals surface area contributed by atoms with E-state index in [4.69, 9.17) is 4.74 Å². The van der Waals surface area contributed by atoms with Crippen molar-refractivity contribution in [1.29, 1.82) is 0 Å². The fraction of sp³-hybridized carbons (Fsp3) is 0.250. The van der Waals surface area contributed by atoms with Gasteiger partial charge in [0.2, 0.25) is 0 Å². The van der Waals surface area contributed by atoms with Gasteiger partial charge in [0.05, 0.1) is 24.4 Å². The molecule has 0 N–H and O–H groups in total. The molecular weight excluding hydrogens is 209 g/mol. The van der Waals surface area contributed by atoms with Crippen LogP contribution in [0.4, 0.5) is 4.39 Å². The van der Waals surface area contributed by atoms with Crippen LogP contribution in [-0.4, -0.2) is 17.5 Å². The average Bonchev–Trinajstić information content (AvgIpc) is 2.64. The smallest absolute Gasteiger partial charge is 0.152 e. The minimum atomic E-state index is -0.284. The molecule has 4 heteroatoms. The van der Waals surface area contributed by atoms with Gasteiger partial charge in [-0.2, -0.15) is 0 Å². The number of ether oxygens (including phenoxy) is 1.